The van der Waals surface area contributed by atoms with Gasteiger partial charge >= 0.3 is 0 Å². The number of benzene rings is 1. The predicted molar refractivity (Wildman–Crippen MR) is 93.4 cm³/mol. The summed E-state index contributed by atoms with van der Waals surface area (Å²) < 4.78 is 0. The van der Waals surface area contributed by atoms with E-state index in [0.29, 0.717) is 5.82 Å². The van der Waals surface area contributed by atoms with Crippen LogP contribution in [0.2, 0.25) is 0 Å². The van der Waals surface area contributed by atoms with Crippen molar-refractivity contribution in [3.05, 3.63) is 72.6 Å². The Bertz CT molecular complexity index is 658. The first-order valence-electron chi connectivity index (χ1n) is 7.09. The summed E-state index contributed by atoms with van der Waals surface area (Å²) in [6.07, 6.45) is 8.06. The van der Waals surface area contributed by atoms with Crippen LogP contribution in [0.15, 0.2) is 72.0 Å². The third kappa shape index (κ3) is 3.22. The Morgan fingerprint density at radius 1 is 1.19 bits per heavy atom. The molecule has 0 spiro atoms. The minimum Gasteiger partial charge on any atom is -0.340 e. The van der Waals surface area contributed by atoms with Gasteiger partial charge in [0.25, 0.3) is 0 Å². The van der Waals surface area contributed by atoms with Crippen molar-refractivity contribution in [3.63, 3.8) is 0 Å². The average Bonchev–Trinajstić information content (AvgIpc) is 2.49. The second-order valence-electron chi connectivity index (χ2n) is 5.68. The third-order valence-electron chi connectivity index (χ3n) is 3.60. The van der Waals surface area contributed by atoms with E-state index in [4.69, 9.17) is 0 Å². The summed E-state index contributed by atoms with van der Waals surface area (Å²) in [7, 11) is 0. The molecule has 0 fully saturated rings. The van der Waals surface area contributed by atoms with Gasteiger partial charge in [-0.05, 0) is 24.1 Å². The molecule has 1 aromatic rings. The number of para-hydroxylation sites is 1. The summed E-state index contributed by atoms with van der Waals surface area (Å²) in [4.78, 5) is 4.42. The molecule has 0 aromatic heterocycles. The lowest BCUT2D eigenvalue weighted by molar-refractivity contribution is 0.667. The van der Waals surface area contributed by atoms with Gasteiger partial charge in [0.15, 0.2) is 0 Å². The Balaban J connectivity index is 2.70. The minimum atomic E-state index is -0.241. The second-order valence-corrected chi connectivity index (χ2v) is 5.68. The fourth-order valence-corrected chi connectivity index (χ4v) is 2.22. The molecule has 0 saturated carbocycles. The van der Waals surface area contributed by atoms with Crippen molar-refractivity contribution in [2.24, 2.45) is 10.4 Å². The summed E-state index contributed by atoms with van der Waals surface area (Å²) in [5, 5.41) is 3.27. The molecule has 1 N–H and O–H groups in total. The Kier molecular flexibility index (Phi) is 4.27. The number of nitrogens with zero attached hydrogens (tertiary/aromatic N) is 1. The number of nitrogens with one attached hydrogen (secondary N) is 1. The van der Waals surface area contributed by atoms with Crippen LogP contribution >= 0.6 is 0 Å². The largest absolute Gasteiger partial charge is 0.340 e. The Morgan fingerprint density at radius 3 is 2.62 bits per heavy atom. The summed E-state index contributed by atoms with van der Waals surface area (Å²) >= 11 is 0. The van der Waals surface area contributed by atoms with Crippen LogP contribution in [0.3, 0.4) is 0 Å². The molecular weight excluding hydrogens is 256 g/mol. The smallest absolute Gasteiger partial charge is 0.122 e. The van der Waals surface area contributed by atoms with Crippen molar-refractivity contribution in [1.29, 1.82) is 0 Å². The molecule has 2 rings (SSSR count). The third-order valence-corrected chi connectivity index (χ3v) is 3.60. The zero-order valence-electron chi connectivity index (χ0n) is 13.0. The molecule has 0 unspecified atom stereocenters. The molecule has 1 aliphatic heterocycles. The lowest BCUT2D eigenvalue weighted by Crippen LogP contribution is -2.16. The van der Waals surface area contributed by atoms with E-state index in [2.05, 4.69) is 49.5 Å². The monoisotopic (exact) mass is 278 g/mol. The van der Waals surface area contributed by atoms with Gasteiger partial charge in [-0.1, -0.05) is 63.4 Å². The molecule has 2 heteroatoms. The SMILES string of the molecule is C=C1N=CC(C)(C)C(=C)/C(=C\C=C/C)c2ccccc2N1. The average molecular weight is 278 g/mol. The van der Waals surface area contributed by atoms with E-state index in [1.54, 1.807) is 0 Å². The first-order chi connectivity index (χ1) is 9.95. The number of fused-ring (bicyclic) bond motifs is 1. The van der Waals surface area contributed by atoms with Crippen molar-refractivity contribution >= 4 is 17.5 Å². The Morgan fingerprint density at radius 2 is 1.90 bits per heavy atom. The molecule has 1 aromatic carbocycles. The highest BCUT2D eigenvalue weighted by atomic mass is 15.0. The van der Waals surface area contributed by atoms with Gasteiger partial charge in [0.05, 0.1) is 0 Å². The van der Waals surface area contributed by atoms with E-state index in [9.17, 15) is 0 Å². The second kappa shape index (κ2) is 5.96. The molecule has 1 heterocycles. The maximum Gasteiger partial charge on any atom is 0.122 e. The molecule has 21 heavy (non-hydrogen) atoms. The highest BCUT2D eigenvalue weighted by Gasteiger charge is 2.25. The maximum atomic E-state index is 4.42. The van der Waals surface area contributed by atoms with E-state index in [1.807, 2.05) is 43.5 Å². The Hall–Kier alpha value is -2.35. The van der Waals surface area contributed by atoms with Crippen LogP contribution in [-0.4, -0.2) is 6.21 Å². The van der Waals surface area contributed by atoms with Crippen molar-refractivity contribution in [2.45, 2.75) is 20.8 Å². The van der Waals surface area contributed by atoms with Gasteiger partial charge in [-0.3, -0.25) is 0 Å². The van der Waals surface area contributed by atoms with Gasteiger partial charge in [-0.2, -0.15) is 0 Å². The van der Waals surface area contributed by atoms with Crippen LogP contribution in [0.25, 0.3) is 5.57 Å². The standard InChI is InChI=1S/C19H22N2/c1-6-7-10-16-14(2)19(4,5)13-20-15(3)21-18-12-9-8-11-17(16)18/h6-13,21H,2-3H2,1,4-5H3/b7-6-,16-10+,20-13?. The number of allylic oxidation sites excluding steroid dienone is 5. The van der Waals surface area contributed by atoms with Gasteiger partial charge in [0.2, 0.25) is 0 Å². The first kappa shape index (κ1) is 15.0. The summed E-state index contributed by atoms with van der Waals surface area (Å²) in [5.74, 6) is 0.635. The minimum absolute atomic E-state index is 0.241. The van der Waals surface area contributed by atoms with Crippen LogP contribution in [0.4, 0.5) is 5.69 Å². The van der Waals surface area contributed by atoms with E-state index >= 15 is 0 Å². The number of rotatable bonds is 1. The highest BCUT2D eigenvalue weighted by Crippen LogP contribution is 2.39. The normalized spacial score (nSPS) is 19.9. The topological polar surface area (TPSA) is 24.4 Å². The van der Waals surface area contributed by atoms with Crippen molar-refractivity contribution < 1.29 is 0 Å². The van der Waals surface area contributed by atoms with Crippen LogP contribution in [0, 0.1) is 5.41 Å². The van der Waals surface area contributed by atoms with E-state index in [-0.39, 0.29) is 5.41 Å². The molecule has 2 nitrogen and oxygen atoms in total. The molecule has 0 radical (unpaired) electrons. The lowest BCUT2D eigenvalue weighted by Gasteiger charge is -2.25. The highest BCUT2D eigenvalue weighted by molar-refractivity contribution is 5.92. The summed E-state index contributed by atoms with van der Waals surface area (Å²) in [6.45, 7) is 14.5. The van der Waals surface area contributed by atoms with Gasteiger partial charge in [-0.15, -0.1) is 0 Å². The van der Waals surface area contributed by atoms with Crippen LogP contribution < -0.4 is 5.32 Å². The van der Waals surface area contributed by atoms with Crippen molar-refractivity contribution in [1.82, 2.24) is 0 Å². The molecule has 0 atom stereocenters. The van der Waals surface area contributed by atoms with E-state index in [0.717, 1.165) is 22.4 Å². The number of anilines is 1. The van der Waals surface area contributed by atoms with Crippen LogP contribution in [-0.2, 0) is 0 Å². The maximum absolute atomic E-state index is 4.42. The van der Waals surface area contributed by atoms with Gasteiger partial charge in [-0.25, -0.2) is 4.99 Å². The molecular formula is C19H22N2. The van der Waals surface area contributed by atoms with Crippen molar-refractivity contribution in [2.75, 3.05) is 5.32 Å². The number of hydrogen-bond donors (Lipinski definition) is 1. The van der Waals surface area contributed by atoms with Crippen molar-refractivity contribution in [3.8, 4) is 0 Å². The van der Waals surface area contributed by atoms with Gasteiger partial charge < -0.3 is 5.32 Å². The zero-order chi connectivity index (χ0) is 15.5. The molecule has 1 aliphatic rings. The van der Waals surface area contributed by atoms with E-state index in [1.165, 1.54) is 0 Å². The number of hydrogen-bond acceptors (Lipinski definition) is 2. The fraction of sp³-hybridized carbons (Fsp3) is 0.211. The van der Waals surface area contributed by atoms with Gasteiger partial charge in [0.1, 0.15) is 5.82 Å². The van der Waals surface area contributed by atoms with E-state index < -0.39 is 0 Å². The fourth-order valence-electron chi connectivity index (χ4n) is 2.22. The molecule has 108 valence electrons. The quantitative estimate of drug-likeness (QED) is 0.750. The predicted octanol–water partition coefficient (Wildman–Crippen LogP) is 5.20. The molecule has 0 bridgehead atoms. The number of aliphatic imine (C=N–C) groups is 1. The molecule has 0 amide bonds. The summed E-state index contributed by atoms with van der Waals surface area (Å²) in [6, 6.07) is 8.16. The molecule has 0 aliphatic carbocycles. The first-order valence-corrected chi connectivity index (χ1v) is 7.09. The van der Waals surface area contributed by atoms with Crippen LogP contribution in [0.5, 0.6) is 0 Å². The van der Waals surface area contributed by atoms with Crippen LogP contribution in [0.1, 0.15) is 26.3 Å². The van der Waals surface area contributed by atoms with Gasteiger partial charge in [0, 0.05) is 22.9 Å². The molecule has 0 saturated heterocycles. The summed E-state index contributed by atoms with van der Waals surface area (Å²) in [5.41, 5.74) is 4.01. The zero-order valence-corrected chi connectivity index (χ0v) is 13.0. The lowest BCUT2D eigenvalue weighted by atomic mass is 9.79. The Labute approximate surface area is 127 Å².